The average Bonchev–Trinajstić information content (AvgIpc) is 2.27. The van der Waals surface area contributed by atoms with E-state index in [1.807, 2.05) is 12.1 Å². The maximum atomic E-state index is 11.2. The van der Waals surface area contributed by atoms with Gasteiger partial charge in [-0.2, -0.15) is 0 Å². The number of hydrogen-bond donors (Lipinski definition) is 3. The highest BCUT2D eigenvalue weighted by atomic mass is 35.5. The monoisotopic (exact) mass is 242 g/mol. The van der Waals surface area contributed by atoms with Crippen LogP contribution in [0.5, 0.6) is 0 Å². The maximum absolute atomic E-state index is 11.2. The summed E-state index contributed by atoms with van der Waals surface area (Å²) in [4.78, 5) is 11.2. The lowest BCUT2D eigenvalue weighted by Gasteiger charge is -2.07. The highest BCUT2D eigenvalue weighted by Gasteiger charge is 1.99. The minimum absolute atomic E-state index is 0.0779. The number of halogens is 1. The van der Waals surface area contributed by atoms with Gasteiger partial charge in [-0.05, 0) is 24.1 Å². The van der Waals surface area contributed by atoms with E-state index in [0.29, 0.717) is 24.5 Å². The Bertz CT molecular complexity index is 345. The molecule has 0 aliphatic rings. The summed E-state index contributed by atoms with van der Waals surface area (Å²) < 4.78 is 0. The summed E-state index contributed by atoms with van der Waals surface area (Å²) in [5.74, 6) is 0. The number of rotatable bonds is 5. The molecule has 0 fully saturated rings. The van der Waals surface area contributed by atoms with Gasteiger partial charge in [0.25, 0.3) is 0 Å². The molecule has 0 aliphatic carbocycles. The van der Waals surface area contributed by atoms with Crippen LogP contribution in [0.3, 0.4) is 0 Å². The molecule has 0 saturated heterocycles. The molecule has 5 heteroatoms. The highest BCUT2D eigenvalue weighted by molar-refractivity contribution is 6.30. The van der Waals surface area contributed by atoms with Crippen molar-refractivity contribution in [3.8, 4) is 0 Å². The van der Waals surface area contributed by atoms with E-state index in [4.69, 9.17) is 16.7 Å². The van der Waals surface area contributed by atoms with Crippen LogP contribution < -0.4 is 10.6 Å². The molecule has 3 N–H and O–H groups in total. The molecular weight excluding hydrogens is 228 g/mol. The molecule has 0 spiro atoms. The molecule has 1 rings (SSSR count). The van der Waals surface area contributed by atoms with Gasteiger partial charge in [0.15, 0.2) is 0 Å². The van der Waals surface area contributed by atoms with Crippen LogP contribution in [0.4, 0.5) is 4.79 Å². The highest BCUT2D eigenvalue weighted by Crippen LogP contribution is 2.09. The zero-order chi connectivity index (χ0) is 11.8. The Morgan fingerprint density at radius 1 is 1.38 bits per heavy atom. The van der Waals surface area contributed by atoms with Gasteiger partial charge in [0.2, 0.25) is 0 Å². The normalized spacial score (nSPS) is 9.88. The smallest absolute Gasteiger partial charge is 0.315 e. The second-order valence-electron chi connectivity index (χ2n) is 3.32. The standard InChI is InChI=1S/C11H15ClN2O2/c12-10-4-1-3-9(7-10)8-14-11(16)13-5-2-6-15/h1,3-4,7,15H,2,5-6,8H2,(H2,13,14,16). The average molecular weight is 243 g/mol. The molecule has 88 valence electrons. The Kier molecular flexibility index (Phi) is 5.67. The van der Waals surface area contributed by atoms with Gasteiger partial charge in [-0.15, -0.1) is 0 Å². The van der Waals surface area contributed by atoms with Gasteiger partial charge in [-0.25, -0.2) is 4.79 Å². The molecule has 16 heavy (non-hydrogen) atoms. The van der Waals surface area contributed by atoms with Gasteiger partial charge in [0, 0.05) is 24.7 Å². The molecule has 1 aromatic rings. The van der Waals surface area contributed by atoms with Gasteiger partial charge in [-0.3, -0.25) is 0 Å². The minimum Gasteiger partial charge on any atom is -0.396 e. The minimum atomic E-state index is -0.242. The first-order valence-corrected chi connectivity index (χ1v) is 5.47. The fourth-order valence-electron chi connectivity index (χ4n) is 1.17. The molecule has 0 heterocycles. The summed E-state index contributed by atoms with van der Waals surface area (Å²) in [6.45, 7) is 0.984. The van der Waals surface area contributed by atoms with Gasteiger partial charge in [0.05, 0.1) is 0 Å². The van der Waals surface area contributed by atoms with E-state index in [9.17, 15) is 4.79 Å². The molecule has 2 amide bonds. The number of aliphatic hydroxyl groups excluding tert-OH is 1. The molecule has 0 radical (unpaired) electrons. The fraction of sp³-hybridized carbons (Fsp3) is 0.364. The van der Waals surface area contributed by atoms with Crippen LogP contribution in [0, 0.1) is 0 Å². The first-order chi connectivity index (χ1) is 7.72. The number of carbonyl (C=O) groups excluding carboxylic acids is 1. The largest absolute Gasteiger partial charge is 0.396 e. The van der Waals surface area contributed by atoms with E-state index in [2.05, 4.69) is 10.6 Å². The summed E-state index contributed by atoms with van der Waals surface area (Å²) in [5.41, 5.74) is 0.949. The number of urea groups is 1. The van der Waals surface area contributed by atoms with Crippen molar-refractivity contribution in [2.45, 2.75) is 13.0 Å². The van der Waals surface area contributed by atoms with E-state index in [1.165, 1.54) is 0 Å². The van der Waals surface area contributed by atoms with Crippen LogP contribution in [0.25, 0.3) is 0 Å². The fourth-order valence-corrected chi connectivity index (χ4v) is 1.39. The summed E-state index contributed by atoms with van der Waals surface area (Å²) in [5, 5.41) is 14.5. The van der Waals surface area contributed by atoms with Crippen LogP contribution in [-0.2, 0) is 6.54 Å². The molecule has 4 nitrogen and oxygen atoms in total. The molecular formula is C11H15ClN2O2. The molecule has 0 saturated carbocycles. The van der Waals surface area contributed by atoms with Crippen molar-refractivity contribution in [2.75, 3.05) is 13.2 Å². The zero-order valence-electron chi connectivity index (χ0n) is 8.87. The van der Waals surface area contributed by atoms with E-state index in [0.717, 1.165) is 5.56 Å². The molecule has 0 aromatic heterocycles. The van der Waals surface area contributed by atoms with E-state index in [1.54, 1.807) is 12.1 Å². The van der Waals surface area contributed by atoms with Crippen molar-refractivity contribution in [1.29, 1.82) is 0 Å². The quantitative estimate of drug-likeness (QED) is 0.686. The molecule has 0 bridgehead atoms. The lowest BCUT2D eigenvalue weighted by atomic mass is 10.2. The van der Waals surface area contributed by atoms with Crippen LogP contribution in [0.2, 0.25) is 5.02 Å². The van der Waals surface area contributed by atoms with Crippen molar-refractivity contribution < 1.29 is 9.90 Å². The number of aliphatic hydroxyl groups is 1. The van der Waals surface area contributed by atoms with Crippen molar-refractivity contribution in [3.05, 3.63) is 34.9 Å². The lowest BCUT2D eigenvalue weighted by molar-refractivity contribution is 0.237. The van der Waals surface area contributed by atoms with Crippen LogP contribution in [0.15, 0.2) is 24.3 Å². The van der Waals surface area contributed by atoms with Crippen molar-refractivity contribution >= 4 is 17.6 Å². The van der Waals surface area contributed by atoms with Gasteiger partial charge in [-0.1, -0.05) is 23.7 Å². The molecule has 0 unspecified atom stereocenters. The second-order valence-corrected chi connectivity index (χ2v) is 3.75. The Labute approximate surface area is 99.6 Å². The summed E-state index contributed by atoms with van der Waals surface area (Å²) in [6.07, 6.45) is 0.560. The third-order valence-electron chi connectivity index (χ3n) is 1.96. The molecule has 0 aliphatic heterocycles. The van der Waals surface area contributed by atoms with Crippen molar-refractivity contribution in [3.63, 3.8) is 0 Å². The first kappa shape index (κ1) is 12.8. The van der Waals surface area contributed by atoms with Crippen molar-refractivity contribution in [2.24, 2.45) is 0 Å². The van der Waals surface area contributed by atoms with Crippen LogP contribution in [0.1, 0.15) is 12.0 Å². The summed E-state index contributed by atoms with van der Waals surface area (Å²) in [6, 6.07) is 7.07. The van der Waals surface area contributed by atoms with Crippen LogP contribution in [-0.4, -0.2) is 24.3 Å². The van der Waals surface area contributed by atoms with Gasteiger partial charge in [0.1, 0.15) is 0 Å². The Balaban J connectivity index is 2.26. The summed E-state index contributed by atoms with van der Waals surface area (Å²) in [7, 11) is 0. The Morgan fingerprint density at radius 3 is 2.88 bits per heavy atom. The van der Waals surface area contributed by atoms with E-state index >= 15 is 0 Å². The van der Waals surface area contributed by atoms with E-state index < -0.39 is 0 Å². The summed E-state index contributed by atoms with van der Waals surface area (Å²) >= 11 is 5.81. The molecule has 0 atom stereocenters. The number of nitrogens with one attached hydrogen (secondary N) is 2. The third-order valence-corrected chi connectivity index (χ3v) is 2.20. The lowest BCUT2D eigenvalue weighted by Crippen LogP contribution is -2.35. The Morgan fingerprint density at radius 2 is 2.19 bits per heavy atom. The van der Waals surface area contributed by atoms with Crippen molar-refractivity contribution in [1.82, 2.24) is 10.6 Å². The second kappa shape index (κ2) is 7.09. The number of benzene rings is 1. The Hall–Kier alpha value is -1.26. The van der Waals surface area contributed by atoms with Gasteiger partial charge >= 0.3 is 6.03 Å². The first-order valence-electron chi connectivity index (χ1n) is 5.09. The predicted molar refractivity (Wildman–Crippen MR) is 63.4 cm³/mol. The maximum Gasteiger partial charge on any atom is 0.315 e. The number of hydrogen-bond acceptors (Lipinski definition) is 2. The van der Waals surface area contributed by atoms with Crippen LogP contribution >= 0.6 is 11.6 Å². The SMILES string of the molecule is O=C(NCCCO)NCc1cccc(Cl)c1. The van der Waals surface area contributed by atoms with Gasteiger partial charge < -0.3 is 15.7 Å². The topological polar surface area (TPSA) is 61.4 Å². The zero-order valence-corrected chi connectivity index (χ0v) is 9.63. The number of carbonyl (C=O) groups is 1. The third kappa shape index (κ3) is 5.00. The van der Waals surface area contributed by atoms with E-state index in [-0.39, 0.29) is 12.6 Å². The number of amides is 2. The predicted octanol–water partition coefficient (Wildman–Crippen LogP) is 1.52. The molecule has 1 aromatic carbocycles.